The predicted molar refractivity (Wildman–Crippen MR) is 69.7 cm³/mol. The Kier molecular flexibility index (Phi) is 2.55. The molecule has 3 rings (SSSR count). The van der Waals surface area contributed by atoms with Crippen molar-refractivity contribution >= 4 is 11.6 Å². The second kappa shape index (κ2) is 4.01. The van der Waals surface area contributed by atoms with Gasteiger partial charge in [0.05, 0.1) is 5.56 Å². The Hall–Kier alpha value is -1.98. The number of likely N-dealkylation sites (tertiary alicyclic amines) is 1. The van der Waals surface area contributed by atoms with Crippen molar-refractivity contribution in [1.82, 2.24) is 24.9 Å². The number of carbonyl (C=O) groups excluding carboxylic acids is 1. The highest BCUT2D eigenvalue weighted by Gasteiger charge is 2.40. The van der Waals surface area contributed by atoms with Crippen LogP contribution in [0.3, 0.4) is 0 Å². The summed E-state index contributed by atoms with van der Waals surface area (Å²) in [4.78, 5) is 14.7. The fourth-order valence-electron chi connectivity index (χ4n) is 2.89. The van der Waals surface area contributed by atoms with E-state index in [4.69, 9.17) is 0 Å². The van der Waals surface area contributed by atoms with Crippen LogP contribution in [0.5, 0.6) is 0 Å². The molecule has 0 unspecified atom stereocenters. The van der Waals surface area contributed by atoms with Gasteiger partial charge in [-0.3, -0.25) is 4.79 Å². The van der Waals surface area contributed by atoms with Gasteiger partial charge in [0.1, 0.15) is 0 Å². The van der Waals surface area contributed by atoms with Gasteiger partial charge in [-0.25, -0.2) is 0 Å². The summed E-state index contributed by atoms with van der Waals surface area (Å²) in [6.07, 6.45) is 3.78. The Morgan fingerprint density at radius 3 is 2.89 bits per heavy atom. The average Bonchev–Trinajstić information content (AvgIpc) is 2.92. The molecule has 1 amide bonds. The molecule has 0 aliphatic carbocycles. The fourth-order valence-corrected chi connectivity index (χ4v) is 2.89. The molecule has 0 bridgehead atoms. The van der Waals surface area contributed by atoms with E-state index in [1.165, 1.54) is 4.52 Å². The predicted octanol–water partition coefficient (Wildman–Crippen LogP) is 1.53. The van der Waals surface area contributed by atoms with Crippen LogP contribution in [0.25, 0.3) is 5.65 Å². The van der Waals surface area contributed by atoms with Gasteiger partial charge in [0, 0.05) is 17.8 Å². The maximum Gasteiger partial charge on any atom is 0.256 e. The van der Waals surface area contributed by atoms with Gasteiger partial charge in [-0.2, -0.15) is 4.52 Å². The second-order valence-electron chi connectivity index (χ2n) is 5.77. The van der Waals surface area contributed by atoms with Crippen LogP contribution in [-0.4, -0.2) is 42.4 Å². The number of hydrogen-bond donors (Lipinski definition) is 0. The molecule has 1 atom stereocenters. The SMILES string of the molecule is C[C@H]1CCC(C)(C)N1C(=O)c1ccc2nnnn2c1. The molecule has 0 radical (unpaired) electrons. The summed E-state index contributed by atoms with van der Waals surface area (Å²) in [6.45, 7) is 6.33. The first kappa shape index (κ1) is 12.1. The van der Waals surface area contributed by atoms with Crippen molar-refractivity contribution in [1.29, 1.82) is 0 Å². The molecule has 6 nitrogen and oxygen atoms in total. The van der Waals surface area contributed by atoms with Crippen molar-refractivity contribution in [2.45, 2.75) is 45.2 Å². The second-order valence-corrected chi connectivity index (χ2v) is 5.77. The summed E-state index contributed by atoms with van der Waals surface area (Å²) < 4.78 is 1.53. The Morgan fingerprint density at radius 1 is 1.42 bits per heavy atom. The molecule has 0 N–H and O–H groups in total. The third-order valence-corrected chi connectivity index (χ3v) is 3.92. The first-order chi connectivity index (χ1) is 8.99. The molecule has 2 aromatic heterocycles. The number of rotatable bonds is 1. The number of pyridine rings is 1. The van der Waals surface area contributed by atoms with E-state index in [2.05, 4.69) is 36.3 Å². The standard InChI is InChI=1S/C13H17N5O/c1-9-6-7-13(2,3)18(9)12(19)10-4-5-11-14-15-16-17(11)8-10/h4-5,8-9H,6-7H2,1-3H3/t9-/m0/s1. The molecule has 1 fully saturated rings. The first-order valence-electron chi connectivity index (χ1n) is 6.50. The van der Waals surface area contributed by atoms with E-state index in [0.29, 0.717) is 11.2 Å². The lowest BCUT2D eigenvalue weighted by atomic mass is 10.0. The van der Waals surface area contributed by atoms with Gasteiger partial charge in [-0.1, -0.05) is 0 Å². The van der Waals surface area contributed by atoms with Gasteiger partial charge >= 0.3 is 0 Å². The van der Waals surface area contributed by atoms with E-state index in [0.717, 1.165) is 12.8 Å². The van der Waals surface area contributed by atoms with Crippen LogP contribution >= 0.6 is 0 Å². The van der Waals surface area contributed by atoms with E-state index in [9.17, 15) is 4.79 Å². The first-order valence-corrected chi connectivity index (χ1v) is 6.50. The van der Waals surface area contributed by atoms with E-state index in [-0.39, 0.29) is 17.5 Å². The average molecular weight is 259 g/mol. The maximum atomic E-state index is 12.7. The normalized spacial score (nSPS) is 22.1. The van der Waals surface area contributed by atoms with Crippen LogP contribution < -0.4 is 0 Å². The zero-order valence-corrected chi connectivity index (χ0v) is 11.4. The lowest BCUT2D eigenvalue weighted by Crippen LogP contribution is -2.46. The van der Waals surface area contributed by atoms with Crippen LogP contribution in [-0.2, 0) is 0 Å². The lowest BCUT2D eigenvalue weighted by Gasteiger charge is -2.34. The summed E-state index contributed by atoms with van der Waals surface area (Å²) >= 11 is 0. The summed E-state index contributed by atoms with van der Waals surface area (Å²) in [5.74, 6) is 0.0485. The Morgan fingerprint density at radius 2 is 2.21 bits per heavy atom. The monoisotopic (exact) mass is 259 g/mol. The molecule has 1 aliphatic rings. The van der Waals surface area contributed by atoms with Crippen LogP contribution in [0.2, 0.25) is 0 Å². The number of amides is 1. The molecule has 2 aromatic rings. The van der Waals surface area contributed by atoms with Gasteiger partial charge in [0.15, 0.2) is 5.65 Å². The summed E-state index contributed by atoms with van der Waals surface area (Å²) in [5.41, 5.74) is 1.18. The van der Waals surface area contributed by atoms with Crippen molar-refractivity contribution in [2.75, 3.05) is 0 Å². The largest absolute Gasteiger partial charge is 0.331 e. The number of aromatic nitrogens is 4. The Balaban J connectivity index is 1.98. The van der Waals surface area contributed by atoms with E-state index < -0.39 is 0 Å². The molecule has 3 heterocycles. The quantitative estimate of drug-likeness (QED) is 0.779. The molecule has 100 valence electrons. The van der Waals surface area contributed by atoms with Crippen LogP contribution in [0.4, 0.5) is 0 Å². The highest BCUT2D eigenvalue weighted by Crippen LogP contribution is 2.34. The minimum Gasteiger partial charge on any atom is -0.331 e. The minimum absolute atomic E-state index is 0.0485. The van der Waals surface area contributed by atoms with Gasteiger partial charge in [-0.05, 0) is 56.2 Å². The molecule has 0 spiro atoms. The highest BCUT2D eigenvalue weighted by molar-refractivity contribution is 5.95. The Labute approximate surface area is 111 Å². The molecular formula is C13H17N5O. The highest BCUT2D eigenvalue weighted by atomic mass is 16.2. The van der Waals surface area contributed by atoms with E-state index >= 15 is 0 Å². The number of nitrogens with zero attached hydrogens (tertiary/aromatic N) is 5. The zero-order chi connectivity index (χ0) is 13.6. The number of tetrazole rings is 1. The fraction of sp³-hybridized carbons (Fsp3) is 0.538. The minimum atomic E-state index is -0.0912. The smallest absolute Gasteiger partial charge is 0.256 e. The van der Waals surface area contributed by atoms with Crippen molar-refractivity contribution in [3.8, 4) is 0 Å². The van der Waals surface area contributed by atoms with Gasteiger partial charge in [0.2, 0.25) is 0 Å². The molecule has 0 saturated carbocycles. The van der Waals surface area contributed by atoms with Gasteiger partial charge < -0.3 is 4.90 Å². The van der Waals surface area contributed by atoms with Crippen LogP contribution in [0.15, 0.2) is 18.3 Å². The van der Waals surface area contributed by atoms with E-state index in [1.807, 2.05) is 4.90 Å². The number of fused-ring (bicyclic) bond motifs is 1. The van der Waals surface area contributed by atoms with Gasteiger partial charge in [-0.15, -0.1) is 5.10 Å². The van der Waals surface area contributed by atoms with Crippen LogP contribution in [0.1, 0.15) is 44.0 Å². The number of carbonyl (C=O) groups is 1. The van der Waals surface area contributed by atoms with Crippen molar-refractivity contribution < 1.29 is 4.79 Å². The molecule has 19 heavy (non-hydrogen) atoms. The maximum absolute atomic E-state index is 12.7. The van der Waals surface area contributed by atoms with Crippen molar-refractivity contribution in [3.63, 3.8) is 0 Å². The number of hydrogen-bond acceptors (Lipinski definition) is 4. The summed E-state index contributed by atoms with van der Waals surface area (Å²) in [6, 6.07) is 3.82. The Bertz CT molecular complexity index is 633. The summed E-state index contributed by atoms with van der Waals surface area (Å²) in [7, 11) is 0. The molecule has 1 saturated heterocycles. The lowest BCUT2D eigenvalue weighted by molar-refractivity contribution is 0.0577. The molecule has 6 heteroatoms. The molecule has 1 aliphatic heterocycles. The van der Waals surface area contributed by atoms with Gasteiger partial charge in [0.25, 0.3) is 5.91 Å². The third-order valence-electron chi connectivity index (χ3n) is 3.92. The molecular weight excluding hydrogens is 242 g/mol. The van der Waals surface area contributed by atoms with Crippen molar-refractivity contribution in [2.24, 2.45) is 0 Å². The van der Waals surface area contributed by atoms with Crippen LogP contribution in [0, 0.1) is 0 Å². The molecule has 0 aromatic carbocycles. The summed E-state index contributed by atoms with van der Waals surface area (Å²) in [5, 5.41) is 11.2. The zero-order valence-electron chi connectivity index (χ0n) is 11.4. The van der Waals surface area contributed by atoms with Crippen molar-refractivity contribution in [3.05, 3.63) is 23.9 Å². The third kappa shape index (κ3) is 1.87. The van der Waals surface area contributed by atoms with E-state index in [1.54, 1.807) is 18.3 Å². The topological polar surface area (TPSA) is 63.4 Å².